The maximum atomic E-state index is 12.1. The van der Waals surface area contributed by atoms with Crippen molar-refractivity contribution in [3.05, 3.63) is 18.2 Å². The van der Waals surface area contributed by atoms with Crippen molar-refractivity contribution in [3.63, 3.8) is 0 Å². The Morgan fingerprint density at radius 3 is 2.80 bits per heavy atom. The van der Waals surface area contributed by atoms with Crippen molar-refractivity contribution in [1.29, 1.82) is 0 Å². The van der Waals surface area contributed by atoms with E-state index in [1.807, 2.05) is 45.9 Å². The number of anilines is 1. The second-order valence-corrected chi connectivity index (χ2v) is 6.30. The number of hydrogen-bond acceptors (Lipinski definition) is 4. The third-order valence-corrected chi connectivity index (χ3v) is 4.32. The molecule has 5 heteroatoms. The first-order chi connectivity index (χ1) is 9.46. The lowest BCUT2D eigenvalue weighted by Crippen LogP contribution is -2.29. The third-order valence-electron chi connectivity index (χ3n) is 3.39. The Labute approximate surface area is 123 Å². The molecule has 1 aromatic carbocycles. The zero-order valence-corrected chi connectivity index (χ0v) is 13.1. The van der Waals surface area contributed by atoms with Crippen molar-refractivity contribution in [2.45, 2.75) is 34.1 Å². The molecule has 0 saturated carbocycles. The third kappa shape index (κ3) is 3.10. The number of nitrogens with zero attached hydrogens (tertiary/aromatic N) is 1. The predicted octanol–water partition coefficient (Wildman–Crippen LogP) is 4.07. The summed E-state index contributed by atoms with van der Waals surface area (Å²) in [5.74, 6) is 0.833. The highest BCUT2D eigenvalue weighted by Crippen LogP contribution is 2.30. The Balaban J connectivity index is 2.22. The van der Waals surface area contributed by atoms with Gasteiger partial charge in [0.2, 0.25) is 5.91 Å². The number of rotatable bonds is 5. The first-order valence-electron chi connectivity index (χ1n) is 6.81. The summed E-state index contributed by atoms with van der Waals surface area (Å²) in [6.07, 6.45) is 0.790. The summed E-state index contributed by atoms with van der Waals surface area (Å²) in [5, 5.41) is 3.54. The van der Waals surface area contributed by atoms with Crippen LogP contribution in [0.2, 0.25) is 0 Å². The van der Waals surface area contributed by atoms with Crippen molar-refractivity contribution >= 4 is 32.6 Å². The molecule has 0 bridgehead atoms. The molecule has 1 N–H and O–H groups in total. The van der Waals surface area contributed by atoms with E-state index in [4.69, 9.17) is 4.74 Å². The zero-order chi connectivity index (χ0) is 14.8. The highest BCUT2D eigenvalue weighted by Gasteiger charge is 2.26. The van der Waals surface area contributed by atoms with Crippen LogP contribution in [0.3, 0.4) is 0 Å². The molecule has 0 atom stereocenters. The topological polar surface area (TPSA) is 51.2 Å². The quantitative estimate of drug-likeness (QED) is 0.903. The minimum absolute atomic E-state index is 0.00378. The maximum Gasteiger partial charge on any atom is 0.231 e. The molecule has 2 rings (SSSR count). The van der Waals surface area contributed by atoms with Crippen LogP contribution in [0.4, 0.5) is 5.13 Å². The SMILES string of the molecule is CCOc1ccc2nc(NC(=O)C(C)(C)CC)sc2c1. The van der Waals surface area contributed by atoms with Crippen molar-refractivity contribution < 1.29 is 9.53 Å². The van der Waals surface area contributed by atoms with Crippen LogP contribution in [0.1, 0.15) is 34.1 Å². The van der Waals surface area contributed by atoms with E-state index in [-0.39, 0.29) is 11.3 Å². The normalized spacial score (nSPS) is 11.6. The fourth-order valence-corrected chi connectivity index (χ4v) is 2.53. The molecule has 0 aliphatic rings. The van der Waals surface area contributed by atoms with E-state index in [1.165, 1.54) is 11.3 Å². The van der Waals surface area contributed by atoms with E-state index < -0.39 is 0 Å². The molecule has 1 amide bonds. The minimum atomic E-state index is -0.381. The number of thiazole rings is 1. The number of amides is 1. The number of ether oxygens (including phenoxy) is 1. The van der Waals surface area contributed by atoms with Gasteiger partial charge in [0.25, 0.3) is 0 Å². The van der Waals surface area contributed by atoms with Gasteiger partial charge in [0, 0.05) is 5.41 Å². The largest absolute Gasteiger partial charge is 0.494 e. The monoisotopic (exact) mass is 292 g/mol. The fraction of sp³-hybridized carbons (Fsp3) is 0.467. The second kappa shape index (κ2) is 5.79. The standard InChI is InChI=1S/C15H20N2O2S/c1-5-15(3,4)13(18)17-14-16-11-8-7-10(19-6-2)9-12(11)20-14/h7-9H,5-6H2,1-4H3,(H,16,17,18). The lowest BCUT2D eigenvalue weighted by Gasteiger charge is -2.20. The molecule has 1 aromatic heterocycles. The van der Waals surface area contributed by atoms with Gasteiger partial charge in [-0.25, -0.2) is 4.98 Å². The Morgan fingerprint density at radius 1 is 1.40 bits per heavy atom. The number of benzene rings is 1. The molecule has 0 spiro atoms. The average Bonchev–Trinajstić information content (AvgIpc) is 2.80. The van der Waals surface area contributed by atoms with Gasteiger partial charge in [-0.15, -0.1) is 0 Å². The molecular weight excluding hydrogens is 272 g/mol. The molecular formula is C15H20N2O2S. The molecule has 108 valence electrons. The second-order valence-electron chi connectivity index (χ2n) is 5.27. The van der Waals surface area contributed by atoms with Crippen LogP contribution >= 0.6 is 11.3 Å². The van der Waals surface area contributed by atoms with Gasteiger partial charge in [0.05, 0.1) is 16.8 Å². The lowest BCUT2D eigenvalue weighted by atomic mass is 9.89. The summed E-state index contributed by atoms with van der Waals surface area (Å²) < 4.78 is 6.48. The van der Waals surface area contributed by atoms with Crippen LogP contribution in [0.15, 0.2) is 18.2 Å². The smallest absolute Gasteiger partial charge is 0.231 e. The average molecular weight is 292 g/mol. The van der Waals surface area contributed by atoms with Crippen LogP contribution in [-0.2, 0) is 4.79 Å². The summed E-state index contributed by atoms with van der Waals surface area (Å²) in [6.45, 7) is 8.46. The van der Waals surface area contributed by atoms with Gasteiger partial charge in [0.15, 0.2) is 5.13 Å². The van der Waals surface area contributed by atoms with Crippen LogP contribution in [0.5, 0.6) is 5.75 Å². The number of hydrogen-bond donors (Lipinski definition) is 1. The van der Waals surface area contributed by atoms with Crippen molar-refractivity contribution in [3.8, 4) is 5.75 Å². The highest BCUT2D eigenvalue weighted by atomic mass is 32.1. The van der Waals surface area contributed by atoms with Crippen molar-refractivity contribution in [1.82, 2.24) is 4.98 Å². The summed E-state index contributed by atoms with van der Waals surface area (Å²) in [4.78, 5) is 16.6. The number of carbonyl (C=O) groups excluding carboxylic acids is 1. The number of aromatic nitrogens is 1. The Bertz CT molecular complexity index is 619. The van der Waals surface area contributed by atoms with Gasteiger partial charge in [0.1, 0.15) is 5.75 Å². The van der Waals surface area contributed by atoms with Gasteiger partial charge in [-0.2, -0.15) is 0 Å². The Hall–Kier alpha value is -1.62. The molecule has 0 aliphatic heterocycles. The van der Waals surface area contributed by atoms with E-state index in [2.05, 4.69) is 10.3 Å². The fourth-order valence-electron chi connectivity index (χ4n) is 1.64. The number of fused-ring (bicyclic) bond motifs is 1. The van der Waals surface area contributed by atoms with E-state index in [0.717, 1.165) is 22.4 Å². The van der Waals surface area contributed by atoms with E-state index in [9.17, 15) is 4.79 Å². The molecule has 2 aromatic rings. The minimum Gasteiger partial charge on any atom is -0.494 e. The molecule has 0 unspecified atom stereocenters. The molecule has 0 saturated heterocycles. The summed E-state index contributed by atoms with van der Waals surface area (Å²) in [7, 11) is 0. The highest BCUT2D eigenvalue weighted by molar-refractivity contribution is 7.22. The van der Waals surface area contributed by atoms with E-state index in [0.29, 0.717) is 11.7 Å². The van der Waals surface area contributed by atoms with Gasteiger partial charge in [-0.1, -0.05) is 32.1 Å². The van der Waals surface area contributed by atoms with Crippen LogP contribution in [-0.4, -0.2) is 17.5 Å². The van der Waals surface area contributed by atoms with Crippen molar-refractivity contribution in [2.75, 3.05) is 11.9 Å². The first kappa shape index (κ1) is 14.8. The number of nitrogens with one attached hydrogen (secondary N) is 1. The first-order valence-corrected chi connectivity index (χ1v) is 7.62. The van der Waals surface area contributed by atoms with E-state index in [1.54, 1.807) is 0 Å². The molecule has 4 nitrogen and oxygen atoms in total. The Morgan fingerprint density at radius 2 is 2.15 bits per heavy atom. The summed E-state index contributed by atoms with van der Waals surface area (Å²) in [6, 6.07) is 5.77. The molecule has 0 fully saturated rings. The summed E-state index contributed by atoms with van der Waals surface area (Å²) >= 11 is 1.47. The van der Waals surface area contributed by atoms with E-state index >= 15 is 0 Å². The van der Waals surface area contributed by atoms with Gasteiger partial charge in [-0.05, 0) is 31.5 Å². The molecule has 20 heavy (non-hydrogen) atoms. The van der Waals surface area contributed by atoms with Crippen LogP contribution in [0.25, 0.3) is 10.2 Å². The molecule has 0 aliphatic carbocycles. The number of carbonyl (C=O) groups is 1. The van der Waals surface area contributed by atoms with Gasteiger partial charge >= 0.3 is 0 Å². The Kier molecular flexibility index (Phi) is 4.28. The summed E-state index contributed by atoms with van der Waals surface area (Å²) in [5.41, 5.74) is 0.497. The predicted molar refractivity (Wildman–Crippen MR) is 83.5 cm³/mol. The lowest BCUT2D eigenvalue weighted by molar-refractivity contribution is -0.124. The van der Waals surface area contributed by atoms with Crippen LogP contribution < -0.4 is 10.1 Å². The van der Waals surface area contributed by atoms with Gasteiger partial charge in [-0.3, -0.25) is 4.79 Å². The molecule has 0 radical (unpaired) electrons. The van der Waals surface area contributed by atoms with Crippen LogP contribution in [0, 0.1) is 5.41 Å². The van der Waals surface area contributed by atoms with Crippen molar-refractivity contribution in [2.24, 2.45) is 5.41 Å². The molecule has 1 heterocycles. The van der Waals surface area contributed by atoms with Gasteiger partial charge < -0.3 is 10.1 Å². The maximum absolute atomic E-state index is 12.1. The zero-order valence-electron chi connectivity index (χ0n) is 12.3.